The predicted molar refractivity (Wildman–Crippen MR) is 88.1 cm³/mol. The molecule has 0 amide bonds. The zero-order valence-electron chi connectivity index (χ0n) is 13.1. The molecular weight excluding hydrogens is 304 g/mol. The van der Waals surface area contributed by atoms with E-state index in [0.717, 1.165) is 30.7 Å². The number of hydrogen-bond donors (Lipinski definition) is 1. The Kier molecular flexibility index (Phi) is 5.82. The van der Waals surface area contributed by atoms with Gasteiger partial charge in [0.25, 0.3) is 10.0 Å². The Morgan fingerprint density at radius 1 is 1.43 bits per heavy atom. The molecule has 0 bridgehead atoms. The first-order valence-electron chi connectivity index (χ1n) is 7.75. The number of sulfonamides is 1. The van der Waals surface area contributed by atoms with Crippen LogP contribution in [0.2, 0.25) is 0 Å². The number of thiophene rings is 1. The van der Waals surface area contributed by atoms with E-state index in [-0.39, 0.29) is 0 Å². The summed E-state index contributed by atoms with van der Waals surface area (Å²) in [6.45, 7) is 8.39. The molecule has 1 unspecified atom stereocenters. The first-order chi connectivity index (χ1) is 9.93. The van der Waals surface area contributed by atoms with Gasteiger partial charge < -0.3 is 5.32 Å². The van der Waals surface area contributed by atoms with Gasteiger partial charge in [0.05, 0.1) is 0 Å². The summed E-state index contributed by atoms with van der Waals surface area (Å²) in [5.74, 6) is 0.510. The molecule has 0 radical (unpaired) electrons. The van der Waals surface area contributed by atoms with Crippen molar-refractivity contribution >= 4 is 21.4 Å². The fourth-order valence-corrected chi connectivity index (χ4v) is 5.62. The molecule has 1 aliphatic rings. The van der Waals surface area contributed by atoms with Crippen LogP contribution in [-0.4, -0.2) is 31.9 Å². The lowest BCUT2D eigenvalue weighted by molar-refractivity contribution is 0.262. The fraction of sp³-hybridized carbons (Fsp3) is 0.733. The molecule has 2 rings (SSSR count). The maximum atomic E-state index is 12.7. The molecular formula is C15H26N2O2S2. The van der Waals surface area contributed by atoms with E-state index in [9.17, 15) is 8.42 Å². The predicted octanol–water partition coefficient (Wildman–Crippen LogP) is 3.06. The van der Waals surface area contributed by atoms with E-state index in [1.54, 1.807) is 10.4 Å². The van der Waals surface area contributed by atoms with E-state index in [1.165, 1.54) is 11.3 Å². The number of nitrogens with one attached hydrogen (secondary N) is 1. The molecule has 0 aliphatic carbocycles. The summed E-state index contributed by atoms with van der Waals surface area (Å²) in [4.78, 5) is 1.08. The molecule has 0 saturated carbocycles. The van der Waals surface area contributed by atoms with Crippen molar-refractivity contribution in [3.05, 3.63) is 17.0 Å². The van der Waals surface area contributed by atoms with Crippen LogP contribution in [0.3, 0.4) is 0 Å². The molecule has 1 saturated heterocycles. The molecule has 1 aromatic heterocycles. The summed E-state index contributed by atoms with van der Waals surface area (Å²) >= 11 is 1.39. The third kappa shape index (κ3) is 4.28. The molecule has 4 nitrogen and oxygen atoms in total. The van der Waals surface area contributed by atoms with Gasteiger partial charge >= 0.3 is 0 Å². The van der Waals surface area contributed by atoms with Crippen molar-refractivity contribution in [1.29, 1.82) is 0 Å². The highest BCUT2D eigenvalue weighted by Crippen LogP contribution is 2.29. The normalized spacial score (nSPS) is 21.0. The highest BCUT2D eigenvalue weighted by molar-refractivity contribution is 7.91. The van der Waals surface area contributed by atoms with Crippen LogP contribution in [0, 0.1) is 5.92 Å². The van der Waals surface area contributed by atoms with E-state index >= 15 is 0 Å². The molecule has 1 aromatic rings. The van der Waals surface area contributed by atoms with Crippen molar-refractivity contribution in [2.24, 2.45) is 5.92 Å². The van der Waals surface area contributed by atoms with E-state index in [0.29, 0.717) is 29.3 Å². The van der Waals surface area contributed by atoms with Crippen molar-refractivity contribution in [2.45, 2.75) is 56.8 Å². The number of piperidine rings is 1. The van der Waals surface area contributed by atoms with Crippen molar-refractivity contribution in [1.82, 2.24) is 9.62 Å². The van der Waals surface area contributed by atoms with Gasteiger partial charge in [-0.3, -0.25) is 0 Å². The Morgan fingerprint density at radius 2 is 2.19 bits per heavy atom. The summed E-state index contributed by atoms with van der Waals surface area (Å²) in [6, 6.07) is 4.08. The fourth-order valence-electron chi connectivity index (χ4n) is 2.60. The summed E-state index contributed by atoms with van der Waals surface area (Å²) in [5, 5.41) is 3.32. The van der Waals surface area contributed by atoms with Crippen molar-refractivity contribution in [2.75, 3.05) is 13.1 Å². The molecule has 1 fully saturated rings. The van der Waals surface area contributed by atoms with Crippen LogP contribution in [0.15, 0.2) is 16.3 Å². The zero-order valence-corrected chi connectivity index (χ0v) is 14.8. The van der Waals surface area contributed by atoms with Gasteiger partial charge in [0, 0.05) is 30.6 Å². The van der Waals surface area contributed by atoms with E-state index < -0.39 is 10.0 Å². The third-order valence-corrected chi connectivity index (χ3v) is 7.39. The lowest BCUT2D eigenvalue weighted by atomic mass is 9.97. The van der Waals surface area contributed by atoms with Crippen molar-refractivity contribution in [3.8, 4) is 0 Å². The number of nitrogens with zero attached hydrogens (tertiary/aromatic N) is 1. The quantitative estimate of drug-likeness (QED) is 0.872. The smallest absolute Gasteiger partial charge is 0.252 e. The van der Waals surface area contributed by atoms with E-state index in [1.807, 2.05) is 6.07 Å². The monoisotopic (exact) mass is 330 g/mol. The standard InChI is InChI=1S/C15H26N2O2S2/c1-4-13-6-5-9-17(11-13)21(18,19)15-8-7-14(20-15)10-16-12(2)3/h7-8,12-13,16H,4-6,9-11H2,1-3H3. The maximum absolute atomic E-state index is 12.7. The summed E-state index contributed by atoms with van der Waals surface area (Å²) in [7, 11) is -3.30. The molecule has 2 heterocycles. The second kappa shape index (κ2) is 7.22. The molecule has 0 spiro atoms. The topological polar surface area (TPSA) is 49.4 Å². The average molecular weight is 331 g/mol. The lowest BCUT2D eigenvalue weighted by Gasteiger charge is -2.30. The van der Waals surface area contributed by atoms with Gasteiger partial charge in [0.1, 0.15) is 4.21 Å². The van der Waals surface area contributed by atoms with Gasteiger partial charge in [0.15, 0.2) is 0 Å². The molecule has 120 valence electrons. The first kappa shape index (κ1) is 16.9. The Labute approximate surface area is 132 Å². The van der Waals surface area contributed by atoms with Crippen LogP contribution in [0.1, 0.15) is 44.9 Å². The zero-order chi connectivity index (χ0) is 15.5. The van der Waals surface area contributed by atoms with Gasteiger partial charge in [-0.05, 0) is 30.9 Å². The Balaban J connectivity index is 2.08. The van der Waals surface area contributed by atoms with Crippen LogP contribution in [0.25, 0.3) is 0 Å². The van der Waals surface area contributed by atoms with Crippen molar-refractivity contribution < 1.29 is 8.42 Å². The van der Waals surface area contributed by atoms with Gasteiger partial charge in [-0.2, -0.15) is 4.31 Å². The Morgan fingerprint density at radius 3 is 2.86 bits per heavy atom. The molecule has 21 heavy (non-hydrogen) atoms. The molecule has 1 aliphatic heterocycles. The van der Waals surface area contributed by atoms with Crippen LogP contribution in [0.5, 0.6) is 0 Å². The highest BCUT2D eigenvalue weighted by atomic mass is 32.2. The average Bonchev–Trinajstić information content (AvgIpc) is 2.95. The molecule has 0 aromatic carbocycles. The third-order valence-electron chi connectivity index (χ3n) is 3.97. The van der Waals surface area contributed by atoms with Crippen LogP contribution in [0.4, 0.5) is 0 Å². The lowest BCUT2D eigenvalue weighted by Crippen LogP contribution is -2.39. The molecule has 1 atom stereocenters. The number of rotatable bonds is 6. The van der Waals surface area contributed by atoms with Crippen LogP contribution >= 0.6 is 11.3 Å². The SMILES string of the molecule is CCC1CCCN(S(=O)(=O)c2ccc(CNC(C)C)s2)C1. The van der Waals surface area contributed by atoms with Gasteiger partial charge in [-0.1, -0.05) is 27.2 Å². The first-order valence-corrected chi connectivity index (χ1v) is 10.0. The minimum absolute atomic E-state index is 0.402. The molecule has 1 N–H and O–H groups in total. The second-order valence-electron chi connectivity index (χ2n) is 6.04. The minimum Gasteiger partial charge on any atom is -0.310 e. The highest BCUT2D eigenvalue weighted by Gasteiger charge is 2.30. The maximum Gasteiger partial charge on any atom is 0.252 e. The summed E-state index contributed by atoms with van der Waals surface area (Å²) in [5.41, 5.74) is 0. The largest absolute Gasteiger partial charge is 0.310 e. The minimum atomic E-state index is -3.30. The van der Waals surface area contributed by atoms with Gasteiger partial charge in [0.2, 0.25) is 0 Å². The van der Waals surface area contributed by atoms with Crippen LogP contribution in [-0.2, 0) is 16.6 Å². The van der Waals surface area contributed by atoms with E-state index in [2.05, 4.69) is 26.1 Å². The summed E-state index contributed by atoms with van der Waals surface area (Å²) in [6.07, 6.45) is 3.18. The Bertz CT molecular complexity index is 552. The van der Waals surface area contributed by atoms with Gasteiger partial charge in [-0.25, -0.2) is 8.42 Å². The second-order valence-corrected chi connectivity index (χ2v) is 9.37. The summed E-state index contributed by atoms with van der Waals surface area (Å²) < 4.78 is 27.6. The van der Waals surface area contributed by atoms with Gasteiger partial charge in [-0.15, -0.1) is 11.3 Å². The van der Waals surface area contributed by atoms with E-state index in [4.69, 9.17) is 0 Å². The Hall–Kier alpha value is -0.430. The number of hydrogen-bond acceptors (Lipinski definition) is 4. The molecule has 6 heteroatoms. The van der Waals surface area contributed by atoms with Crippen molar-refractivity contribution in [3.63, 3.8) is 0 Å². The van der Waals surface area contributed by atoms with Crippen LogP contribution < -0.4 is 5.32 Å².